The molecule has 0 unspecified atom stereocenters. The van der Waals surface area contributed by atoms with Gasteiger partial charge in [0.15, 0.2) is 0 Å². The molecule has 6 aromatic carbocycles. The van der Waals surface area contributed by atoms with Gasteiger partial charge in [0.05, 0.1) is 94.0 Å². The van der Waals surface area contributed by atoms with Gasteiger partial charge in [-0.1, -0.05) is 106 Å². The van der Waals surface area contributed by atoms with Crippen LogP contribution in [0.5, 0.6) is 0 Å². The van der Waals surface area contributed by atoms with Crippen molar-refractivity contribution in [3.05, 3.63) is 189 Å². The van der Waals surface area contributed by atoms with Gasteiger partial charge in [0, 0.05) is 151 Å². The van der Waals surface area contributed by atoms with E-state index in [1.165, 1.54) is 18.2 Å². The molecule has 0 saturated heterocycles. The monoisotopic (exact) mass is 1800 g/mol. The first-order valence-corrected chi connectivity index (χ1v) is 44.9. The van der Waals surface area contributed by atoms with E-state index in [0.717, 1.165) is 50.1 Å². The maximum atomic E-state index is 13.5. The maximum Gasteiger partial charge on any atom is 0.405 e. The van der Waals surface area contributed by atoms with Crippen LogP contribution < -0.4 is 40.8 Å². The minimum absolute atomic E-state index is 0.0273. The molecule has 3 atom stereocenters. The summed E-state index contributed by atoms with van der Waals surface area (Å²) in [6, 6.07) is 30.9. The Kier molecular flexibility index (Phi) is 37.1. The molecule has 640 valence electrons. The Labute approximate surface area is 713 Å². The van der Waals surface area contributed by atoms with Crippen molar-refractivity contribution < 1.29 is 82.8 Å². The summed E-state index contributed by atoms with van der Waals surface area (Å²) in [6.07, 6.45) is -2.45. The van der Waals surface area contributed by atoms with E-state index in [0.29, 0.717) is 69.4 Å². The summed E-state index contributed by atoms with van der Waals surface area (Å²) >= 11 is 38.9. The molecule has 3 aliphatic heterocycles. The molecule has 29 nitrogen and oxygen atoms in total. The molecular formula is C79H101Cl6N11O18S3. The van der Waals surface area contributed by atoms with Crippen LogP contribution in [0.15, 0.2) is 124 Å². The predicted molar refractivity (Wildman–Crippen MR) is 447 cm³/mol. The number of sulfonamides is 3. The average Bonchev–Trinajstić information content (AvgIpc) is 0.781. The Morgan fingerprint density at radius 3 is 0.957 bits per heavy atom. The molecule has 0 aromatic heterocycles. The Bertz CT molecular complexity index is 4320. The van der Waals surface area contributed by atoms with Crippen LogP contribution in [-0.4, -0.2) is 246 Å². The van der Waals surface area contributed by atoms with E-state index in [2.05, 4.69) is 50.1 Å². The summed E-state index contributed by atoms with van der Waals surface area (Å²) in [5, 5.41) is 25.6. The second kappa shape index (κ2) is 46.0. The lowest BCUT2D eigenvalue weighted by atomic mass is 9.83. The van der Waals surface area contributed by atoms with Crippen molar-refractivity contribution in [3.8, 4) is 0 Å². The lowest BCUT2D eigenvalue weighted by Crippen LogP contribution is -2.53. The average molecular weight is 1800 g/mol. The van der Waals surface area contributed by atoms with Gasteiger partial charge in [-0.05, 0) is 163 Å². The maximum absolute atomic E-state index is 13.5. The van der Waals surface area contributed by atoms with Crippen LogP contribution in [0.4, 0.5) is 4.79 Å². The van der Waals surface area contributed by atoms with Crippen molar-refractivity contribution >= 4 is 129 Å². The molecule has 0 spiro atoms. The highest BCUT2D eigenvalue weighted by Gasteiger charge is 2.36. The Morgan fingerprint density at radius 2 is 0.675 bits per heavy atom. The number of hydrogen-bond acceptors (Lipinski definition) is 20. The van der Waals surface area contributed by atoms with E-state index in [1.807, 2.05) is 62.9 Å². The number of carbonyl (C=O) groups excluding carboxylic acids is 4. The van der Waals surface area contributed by atoms with Gasteiger partial charge < -0.3 is 74.8 Å². The molecule has 117 heavy (non-hydrogen) atoms. The number of halogens is 6. The van der Waals surface area contributed by atoms with E-state index in [1.54, 1.807) is 54.6 Å². The van der Waals surface area contributed by atoms with Crippen LogP contribution in [-0.2, 0) is 97.3 Å². The van der Waals surface area contributed by atoms with Crippen LogP contribution in [0.2, 0.25) is 30.1 Å². The Balaban J connectivity index is 0.704. The third kappa shape index (κ3) is 29.4. The van der Waals surface area contributed by atoms with Gasteiger partial charge in [-0.3, -0.25) is 19.2 Å². The number of carboxylic acid groups (broad SMARTS) is 1. The number of likely N-dealkylation sites (N-methyl/N-ethyl adjacent to an activating group) is 3. The van der Waals surface area contributed by atoms with Gasteiger partial charge in [0.2, 0.25) is 53.7 Å². The zero-order valence-corrected chi connectivity index (χ0v) is 72.3. The summed E-state index contributed by atoms with van der Waals surface area (Å²) in [6.45, 7) is 4.06. The van der Waals surface area contributed by atoms with E-state index in [-0.39, 0.29) is 190 Å². The fourth-order valence-electron chi connectivity index (χ4n) is 14.2. The molecule has 38 heteroatoms. The summed E-state index contributed by atoms with van der Waals surface area (Å²) in [5.74, 6) is -2.70. The number of hydrogen-bond donors (Lipinski definition) is 9. The zero-order chi connectivity index (χ0) is 84.3. The highest BCUT2D eigenvalue weighted by molar-refractivity contribution is 7.90. The van der Waals surface area contributed by atoms with Crippen molar-refractivity contribution in [2.75, 3.05) is 166 Å². The first-order valence-electron chi connectivity index (χ1n) is 38.2. The van der Waals surface area contributed by atoms with Crippen LogP contribution in [0.3, 0.4) is 0 Å². The van der Waals surface area contributed by atoms with Crippen molar-refractivity contribution in [2.45, 2.75) is 96.1 Å². The smallest absolute Gasteiger partial charge is 0.405 e. The number of carbonyl (C=O) groups is 5. The van der Waals surface area contributed by atoms with Crippen molar-refractivity contribution in [1.82, 2.24) is 55.4 Å². The standard InChI is InChI=1S/C79H101Cl6N11O18S3/c1-94-47-65(62-40-56(80)43-71(83)68(62)50-94)53-7-4-10-59(37-53)115(103,104)90-22-28-112-34-31-109-25-19-86-74(97)13-16-79(93-77(100)46-89-78(101)102,17-14-75(98)87-20-26-110-32-35-113-29-23-91-116(105,106)60-11-5-8-54(38-60)66-48-95(2)51-69-63(66)41-57(81)44-72(69)84)18-15-76(99)88-21-27-111-33-36-114-30-24-92-117(107,108)61-12-6-9-55(39-61)67-49-96(3)52-70-64(67)42-58(82)45-73(70)85/h4-12,37-45,65-67,89-92H,13-36,46-52H2,1-3H3,(H,86,97)(H,87,98)(H,88,99)(H,93,100)(H,101,102)/t65-,66-,67-/m0/s1. The quantitative estimate of drug-likeness (QED) is 0.0162. The molecule has 3 heterocycles. The Hall–Kier alpha value is -6.42. The fraction of sp³-hybridized carbons (Fsp3) is 0.481. The van der Waals surface area contributed by atoms with Crippen molar-refractivity contribution in [2.24, 2.45) is 0 Å². The highest BCUT2D eigenvalue weighted by Crippen LogP contribution is 2.42. The van der Waals surface area contributed by atoms with E-state index >= 15 is 0 Å². The second-order valence-corrected chi connectivity index (χ2v) is 36.6. The molecule has 9 N–H and O–H groups in total. The van der Waals surface area contributed by atoms with E-state index < -0.39 is 71.9 Å². The van der Waals surface area contributed by atoms with E-state index in [4.69, 9.17) is 98.0 Å². The molecular weight excluding hydrogens is 1700 g/mol. The summed E-state index contributed by atoms with van der Waals surface area (Å²) in [7, 11) is -5.87. The fourth-order valence-corrected chi connectivity index (χ4v) is 19.1. The van der Waals surface area contributed by atoms with Gasteiger partial charge in [0.1, 0.15) is 6.54 Å². The van der Waals surface area contributed by atoms with Crippen LogP contribution in [0, 0.1) is 0 Å². The minimum atomic E-state index is -3.93. The van der Waals surface area contributed by atoms with Gasteiger partial charge >= 0.3 is 6.09 Å². The molecule has 0 aliphatic carbocycles. The molecule has 9 rings (SSSR count). The Morgan fingerprint density at radius 1 is 0.393 bits per heavy atom. The normalized spacial score (nSPS) is 16.1. The van der Waals surface area contributed by atoms with Gasteiger partial charge in [0.25, 0.3) is 0 Å². The number of benzene rings is 6. The highest BCUT2D eigenvalue weighted by atomic mass is 35.5. The first-order chi connectivity index (χ1) is 55.9. The van der Waals surface area contributed by atoms with Crippen molar-refractivity contribution in [1.29, 1.82) is 0 Å². The second-order valence-electron chi connectivity index (χ2n) is 28.7. The van der Waals surface area contributed by atoms with Crippen molar-refractivity contribution in [3.63, 3.8) is 0 Å². The third-order valence-electron chi connectivity index (χ3n) is 19.9. The zero-order valence-electron chi connectivity index (χ0n) is 65.3. The lowest BCUT2D eigenvalue weighted by molar-refractivity contribution is -0.126. The summed E-state index contributed by atoms with van der Waals surface area (Å²) in [4.78, 5) is 72.2. The third-order valence-corrected chi connectivity index (χ3v) is 26.0. The summed E-state index contributed by atoms with van der Waals surface area (Å²) in [5.41, 5.74) is 6.61. The molecule has 0 radical (unpaired) electrons. The molecule has 3 aliphatic rings. The molecule has 6 aromatic rings. The lowest BCUT2D eigenvalue weighted by Gasteiger charge is -2.35. The molecule has 0 bridgehead atoms. The number of fused-ring (bicyclic) bond motifs is 3. The number of rotatable bonds is 48. The first kappa shape index (κ1) is 94.4. The summed E-state index contributed by atoms with van der Waals surface area (Å²) < 4.78 is 122. The number of nitrogens with zero attached hydrogens (tertiary/aromatic N) is 3. The van der Waals surface area contributed by atoms with Gasteiger partial charge in [-0.25, -0.2) is 44.2 Å². The number of ether oxygens (including phenoxy) is 6. The topological polar surface area (TPSA) is 369 Å². The number of amides is 5. The minimum Gasteiger partial charge on any atom is -0.465 e. The molecule has 0 saturated carbocycles. The van der Waals surface area contributed by atoms with Crippen LogP contribution in [0.1, 0.15) is 106 Å². The molecule has 5 amide bonds. The van der Waals surface area contributed by atoms with Gasteiger partial charge in [-0.2, -0.15) is 0 Å². The SMILES string of the molecule is CN1Cc2c(Cl)cc(Cl)cc2[C@H](c2cccc(S(=O)(=O)NCCOCCOCCNC(=O)CCC(CCC(=O)NCCOCCOCCNS(=O)(=O)c3cccc([C@@H]4CN(C)Cc5c(Cl)cc(Cl)cc54)c3)(CCC(=O)NCCOCCOCCNS(=O)(=O)c3cccc([C@@H]4CN(C)Cc5c(Cl)cc(Cl)cc54)c3)NC(=O)CNC(=O)O)c2)C1. The van der Waals surface area contributed by atoms with Gasteiger partial charge in [-0.15, -0.1) is 0 Å². The number of nitrogens with one attached hydrogen (secondary N) is 8. The van der Waals surface area contributed by atoms with Crippen LogP contribution in [0.25, 0.3) is 0 Å². The van der Waals surface area contributed by atoms with E-state index in [9.17, 15) is 54.3 Å². The largest absolute Gasteiger partial charge is 0.465 e. The predicted octanol–water partition coefficient (Wildman–Crippen LogP) is 8.49. The van der Waals surface area contributed by atoms with Crippen LogP contribution >= 0.6 is 69.6 Å². The molecule has 0 fully saturated rings.